The first-order chi connectivity index (χ1) is 14.4. The van der Waals surface area contributed by atoms with Gasteiger partial charge in [0, 0.05) is 5.69 Å². The van der Waals surface area contributed by atoms with E-state index < -0.39 is 15.9 Å². The quantitative estimate of drug-likeness (QED) is 0.541. The van der Waals surface area contributed by atoms with E-state index in [0.717, 1.165) is 0 Å². The zero-order valence-corrected chi connectivity index (χ0v) is 17.5. The van der Waals surface area contributed by atoms with Gasteiger partial charge >= 0.3 is 0 Å². The number of hydrogen-bond donors (Lipinski definition) is 2. The number of halogens is 1. The van der Waals surface area contributed by atoms with E-state index in [2.05, 4.69) is 10.0 Å². The monoisotopic (exact) mass is 446 g/mol. The molecule has 30 heavy (non-hydrogen) atoms. The predicted molar refractivity (Wildman–Crippen MR) is 116 cm³/mol. The highest BCUT2D eigenvalue weighted by atomic mass is 35.5. The largest absolute Gasteiger partial charge is 0.497 e. The molecule has 0 radical (unpaired) electrons. The fraction of sp³-hybridized carbons (Fsp3) is 0.0952. The first-order valence-electron chi connectivity index (χ1n) is 8.81. The van der Waals surface area contributed by atoms with Crippen LogP contribution in [0.1, 0.15) is 0 Å². The van der Waals surface area contributed by atoms with Gasteiger partial charge in [0.25, 0.3) is 15.9 Å². The van der Waals surface area contributed by atoms with Crippen LogP contribution in [0.3, 0.4) is 0 Å². The number of anilines is 2. The Morgan fingerprint density at radius 2 is 1.67 bits per heavy atom. The van der Waals surface area contributed by atoms with Crippen molar-refractivity contribution < 1.29 is 22.7 Å². The summed E-state index contributed by atoms with van der Waals surface area (Å²) in [7, 11) is -2.33. The second kappa shape index (κ2) is 9.51. The fourth-order valence-electron chi connectivity index (χ4n) is 2.51. The number of rotatable bonds is 8. The van der Waals surface area contributed by atoms with Crippen LogP contribution >= 0.6 is 11.6 Å². The van der Waals surface area contributed by atoms with Crippen molar-refractivity contribution in [2.75, 3.05) is 23.8 Å². The number of carbonyl (C=O) groups is 1. The molecule has 3 rings (SSSR count). The third-order valence-corrected chi connectivity index (χ3v) is 5.67. The zero-order chi connectivity index (χ0) is 21.6. The van der Waals surface area contributed by atoms with Crippen molar-refractivity contribution in [1.29, 1.82) is 0 Å². The average Bonchev–Trinajstić information content (AvgIpc) is 2.74. The molecule has 0 unspecified atom stereocenters. The minimum atomic E-state index is -3.88. The van der Waals surface area contributed by atoms with E-state index in [9.17, 15) is 13.2 Å². The number of carbonyl (C=O) groups excluding carboxylic acids is 1. The predicted octanol–water partition coefficient (Wildman–Crippen LogP) is 4.17. The lowest BCUT2D eigenvalue weighted by molar-refractivity contribution is -0.118. The molecular weight excluding hydrogens is 428 g/mol. The molecule has 1 amide bonds. The Morgan fingerprint density at radius 1 is 0.967 bits per heavy atom. The SMILES string of the molecule is COc1ccc(OCC(=O)Nc2cccc(S(=O)(=O)Nc3ccccc3Cl)c2)cc1. The molecule has 156 valence electrons. The number of nitrogens with one attached hydrogen (secondary N) is 2. The first-order valence-corrected chi connectivity index (χ1v) is 10.7. The van der Waals surface area contributed by atoms with Gasteiger partial charge in [-0.15, -0.1) is 0 Å². The van der Waals surface area contributed by atoms with Crippen LogP contribution in [0.4, 0.5) is 11.4 Å². The van der Waals surface area contributed by atoms with Gasteiger partial charge in [0.05, 0.1) is 22.7 Å². The van der Waals surface area contributed by atoms with E-state index in [4.69, 9.17) is 21.1 Å². The van der Waals surface area contributed by atoms with Crippen molar-refractivity contribution in [3.05, 3.63) is 77.8 Å². The van der Waals surface area contributed by atoms with E-state index in [0.29, 0.717) is 17.2 Å². The Hall–Kier alpha value is -3.23. The highest BCUT2D eigenvalue weighted by molar-refractivity contribution is 7.92. The van der Waals surface area contributed by atoms with Crippen molar-refractivity contribution >= 4 is 38.9 Å². The molecular formula is C21H19ClN2O5S. The third-order valence-electron chi connectivity index (χ3n) is 3.98. The summed E-state index contributed by atoms with van der Waals surface area (Å²) >= 11 is 6.02. The smallest absolute Gasteiger partial charge is 0.262 e. The van der Waals surface area contributed by atoms with Gasteiger partial charge in [-0.05, 0) is 54.6 Å². The lowest BCUT2D eigenvalue weighted by Crippen LogP contribution is -2.20. The van der Waals surface area contributed by atoms with E-state index in [1.165, 1.54) is 18.2 Å². The topological polar surface area (TPSA) is 93.7 Å². The van der Waals surface area contributed by atoms with Crippen molar-refractivity contribution in [3.63, 3.8) is 0 Å². The maximum atomic E-state index is 12.6. The Labute approximate surface area is 179 Å². The normalized spacial score (nSPS) is 10.9. The Bertz CT molecular complexity index is 1130. The molecule has 7 nitrogen and oxygen atoms in total. The van der Waals surface area contributed by atoms with Crippen molar-refractivity contribution in [3.8, 4) is 11.5 Å². The van der Waals surface area contributed by atoms with Crippen LogP contribution in [0.25, 0.3) is 0 Å². The van der Waals surface area contributed by atoms with E-state index in [1.54, 1.807) is 61.7 Å². The van der Waals surface area contributed by atoms with Gasteiger partial charge in [0.15, 0.2) is 6.61 Å². The highest BCUT2D eigenvalue weighted by Crippen LogP contribution is 2.25. The molecule has 0 heterocycles. The summed E-state index contributed by atoms with van der Waals surface area (Å²) in [5, 5.41) is 2.89. The van der Waals surface area contributed by atoms with Crippen molar-refractivity contribution in [2.45, 2.75) is 4.90 Å². The molecule has 0 bridgehead atoms. The summed E-state index contributed by atoms with van der Waals surface area (Å²) in [6.45, 7) is -0.235. The Kier molecular flexibility index (Phi) is 6.81. The Balaban J connectivity index is 1.64. The molecule has 0 spiro atoms. The molecule has 3 aromatic rings. The minimum absolute atomic E-state index is 0.0173. The van der Waals surface area contributed by atoms with E-state index in [1.807, 2.05) is 0 Å². The number of methoxy groups -OCH3 is 1. The van der Waals surface area contributed by atoms with Gasteiger partial charge < -0.3 is 14.8 Å². The summed E-state index contributed by atoms with van der Waals surface area (Å²) in [5.74, 6) is 0.751. The highest BCUT2D eigenvalue weighted by Gasteiger charge is 2.16. The summed E-state index contributed by atoms with van der Waals surface area (Å²) in [5.41, 5.74) is 0.585. The lowest BCUT2D eigenvalue weighted by Gasteiger charge is -2.11. The van der Waals surface area contributed by atoms with E-state index in [-0.39, 0.29) is 22.2 Å². The molecule has 0 aliphatic rings. The van der Waals surface area contributed by atoms with Gasteiger partial charge in [-0.2, -0.15) is 0 Å². The second-order valence-electron chi connectivity index (χ2n) is 6.13. The van der Waals surface area contributed by atoms with Crippen molar-refractivity contribution in [1.82, 2.24) is 0 Å². The summed E-state index contributed by atoms with van der Waals surface area (Å²) in [6, 6.07) is 19.2. The molecule has 0 saturated carbocycles. The van der Waals surface area contributed by atoms with E-state index >= 15 is 0 Å². The molecule has 2 N–H and O–H groups in total. The van der Waals surface area contributed by atoms with Gasteiger partial charge in [0.2, 0.25) is 0 Å². The number of sulfonamides is 1. The molecule has 0 saturated heterocycles. The average molecular weight is 447 g/mol. The minimum Gasteiger partial charge on any atom is -0.497 e. The molecule has 9 heteroatoms. The van der Waals surface area contributed by atoms with Crippen LogP contribution in [0, 0.1) is 0 Å². The van der Waals surface area contributed by atoms with Crippen LogP contribution in [0.15, 0.2) is 77.7 Å². The zero-order valence-electron chi connectivity index (χ0n) is 16.0. The lowest BCUT2D eigenvalue weighted by atomic mass is 10.3. The molecule has 0 aromatic heterocycles. The van der Waals surface area contributed by atoms with Gasteiger partial charge in [-0.25, -0.2) is 8.42 Å². The van der Waals surface area contributed by atoms with Crippen LogP contribution < -0.4 is 19.5 Å². The number of ether oxygens (including phenoxy) is 2. The second-order valence-corrected chi connectivity index (χ2v) is 8.22. The fourth-order valence-corrected chi connectivity index (χ4v) is 3.87. The summed E-state index contributed by atoms with van der Waals surface area (Å²) < 4.78 is 38.2. The van der Waals surface area contributed by atoms with Gasteiger partial charge in [-0.3, -0.25) is 9.52 Å². The number of amides is 1. The molecule has 0 atom stereocenters. The van der Waals surface area contributed by atoms with Crippen LogP contribution in [0.5, 0.6) is 11.5 Å². The summed E-state index contributed by atoms with van der Waals surface area (Å²) in [6.07, 6.45) is 0. The van der Waals surface area contributed by atoms with Crippen LogP contribution in [0.2, 0.25) is 5.02 Å². The number of benzene rings is 3. The molecule has 0 fully saturated rings. The number of para-hydroxylation sites is 1. The molecule has 0 aliphatic heterocycles. The standard InChI is InChI=1S/C21H19ClN2O5S/c1-28-16-9-11-17(12-10-16)29-14-21(25)23-15-5-4-6-18(13-15)30(26,27)24-20-8-3-2-7-19(20)22/h2-13,24H,14H2,1H3,(H,23,25). The Morgan fingerprint density at radius 3 is 2.37 bits per heavy atom. The van der Waals surface area contributed by atoms with Crippen LogP contribution in [-0.2, 0) is 14.8 Å². The van der Waals surface area contributed by atoms with Gasteiger partial charge in [-0.1, -0.05) is 29.8 Å². The van der Waals surface area contributed by atoms with Crippen molar-refractivity contribution in [2.24, 2.45) is 0 Å². The maximum absolute atomic E-state index is 12.6. The van der Waals surface area contributed by atoms with Gasteiger partial charge in [0.1, 0.15) is 11.5 Å². The molecule has 0 aliphatic carbocycles. The molecule has 3 aromatic carbocycles. The maximum Gasteiger partial charge on any atom is 0.262 e. The first kappa shape index (κ1) is 21.5. The number of hydrogen-bond acceptors (Lipinski definition) is 5. The van der Waals surface area contributed by atoms with Crippen LogP contribution in [-0.4, -0.2) is 28.0 Å². The summed E-state index contributed by atoms with van der Waals surface area (Å²) in [4.78, 5) is 12.1. The third kappa shape index (κ3) is 5.65.